The van der Waals surface area contributed by atoms with E-state index >= 15 is 0 Å². The van der Waals surface area contributed by atoms with Crippen molar-refractivity contribution >= 4 is 5.69 Å². The summed E-state index contributed by atoms with van der Waals surface area (Å²) in [7, 11) is 0. The van der Waals surface area contributed by atoms with Crippen LogP contribution in [-0.4, -0.2) is 18.7 Å². The van der Waals surface area contributed by atoms with Gasteiger partial charge in [-0.1, -0.05) is 50.2 Å². The van der Waals surface area contributed by atoms with Gasteiger partial charge in [0.1, 0.15) is 12.4 Å². The molecule has 1 atom stereocenters. The second kappa shape index (κ2) is 6.88. The number of benzene rings is 2. The minimum Gasteiger partial charge on any atom is -0.491 e. The average molecular weight is 323 g/mol. The molecule has 2 aromatic rings. The first kappa shape index (κ1) is 16.9. The first-order valence-electron chi connectivity index (χ1n) is 9.10. The van der Waals surface area contributed by atoms with Gasteiger partial charge in [0.15, 0.2) is 0 Å². The van der Waals surface area contributed by atoms with Crippen molar-refractivity contribution in [2.45, 2.75) is 52.0 Å². The van der Waals surface area contributed by atoms with Crippen molar-refractivity contribution in [1.29, 1.82) is 0 Å². The molecule has 2 aromatic carbocycles. The molecule has 24 heavy (non-hydrogen) atoms. The number of ether oxygens (including phenoxy) is 1. The maximum atomic E-state index is 6.12. The van der Waals surface area contributed by atoms with Crippen LogP contribution in [0.15, 0.2) is 48.5 Å². The molecule has 3 rings (SSSR count). The third-order valence-corrected chi connectivity index (χ3v) is 5.22. The largest absolute Gasteiger partial charge is 0.491 e. The third-order valence-electron chi connectivity index (χ3n) is 5.22. The first-order chi connectivity index (χ1) is 11.5. The zero-order valence-electron chi connectivity index (χ0n) is 15.4. The Balaban J connectivity index is 1.75. The molecule has 0 spiro atoms. The molecule has 0 aliphatic carbocycles. The summed E-state index contributed by atoms with van der Waals surface area (Å²) >= 11 is 0. The van der Waals surface area contributed by atoms with E-state index in [2.05, 4.69) is 81.1 Å². The Kier molecular flexibility index (Phi) is 4.84. The Morgan fingerprint density at radius 1 is 1.08 bits per heavy atom. The van der Waals surface area contributed by atoms with Gasteiger partial charge in [-0.15, -0.1) is 0 Å². The monoisotopic (exact) mass is 323 g/mol. The van der Waals surface area contributed by atoms with Gasteiger partial charge in [-0.05, 0) is 55.9 Å². The lowest BCUT2D eigenvalue weighted by atomic mass is 9.80. The van der Waals surface area contributed by atoms with E-state index in [9.17, 15) is 0 Å². The van der Waals surface area contributed by atoms with Gasteiger partial charge < -0.3 is 9.64 Å². The lowest BCUT2D eigenvalue weighted by Gasteiger charge is -2.47. The van der Waals surface area contributed by atoms with E-state index in [1.807, 2.05) is 0 Å². The molecule has 0 saturated heterocycles. The normalized spacial score (nSPS) is 19.0. The molecular formula is C22H29NO. The smallest absolute Gasteiger partial charge is 0.122 e. The van der Waals surface area contributed by atoms with E-state index in [-0.39, 0.29) is 5.54 Å². The highest BCUT2D eigenvalue weighted by Gasteiger charge is 2.35. The van der Waals surface area contributed by atoms with Gasteiger partial charge in [-0.2, -0.15) is 0 Å². The van der Waals surface area contributed by atoms with Crippen molar-refractivity contribution < 1.29 is 4.74 Å². The number of rotatable bonds is 5. The third kappa shape index (κ3) is 3.28. The van der Waals surface area contributed by atoms with Crippen molar-refractivity contribution in [3.8, 4) is 5.75 Å². The highest BCUT2D eigenvalue weighted by atomic mass is 16.5. The molecule has 0 amide bonds. The second-order valence-corrected chi connectivity index (χ2v) is 7.44. The summed E-state index contributed by atoms with van der Waals surface area (Å²) in [5.74, 6) is 1.63. The zero-order valence-corrected chi connectivity index (χ0v) is 15.4. The fourth-order valence-corrected chi connectivity index (χ4v) is 4.05. The Labute approximate surface area is 146 Å². The van der Waals surface area contributed by atoms with Crippen LogP contribution in [0.4, 0.5) is 5.69 Å². The van der Waals surface area contributed by atoms with Crippen molar-refractivity contribution in [2.75, 3.05) is 18.1 Å². The number of hydrogen-bond donors (Lipinski definition) is 0. The van der Waals surface area contributed by atoms with E-state index < -0.39 is 0 Å². The van der Waals surface area contributed by atoms with Gasteiger partial charge >= 0.3 is 0 Å². The zero-order chi connectivity index (χ0) is 17.2. The molecule has 1 aliphatic heterocycles. The maximum Gasteiger partial charge on any atom is 0.122 e. The molecule has 128 valence electrons. The van der Waals surface area contributed by atoms with Crippen LogP contribution in [-0.2, 0) is 6.42 Å². The summed E-state index contributed by atoms with van der Waals surface area (Å²) in [5, 5.41) is 0. The lowest BCUT2D eigenvalue weighted by molar-refractivity contribution is 0.292. The highest BCUT2D eigenvalue weighted by Crippen LogP contribution is 2.42. The van der Waals surface area contributed by atoms with Crippen LogP contribution in [0.5, 0.6) is 5.75 Å². The molecule has 0 saturated carbocycles. The summed E-state index contributed by atoms with van der Waals surface area (Å²) in [5.41, 5.74) is 4.27. The number of fused-ring (bicyclic) bond motifs is 1. The molecule has 1 heterocycles. The standard InChI is InChI=1S/C22H29NO/c1-5-18-10-6-9-13-21(18)24-15-14-23-20-12-8-7-11-19(20)17(2)16-22(23,3)4/h6-13,17H,5,14-16H2,1-4H3. The average Bonchev–Trinajstić information content (AvgIpc) is 2.57. The van der Waals surface area contributed by atoms with Crippen LogP contribution >= 0.6 is 0 Å². The summed E-state index contributed by atoms with van der Waals surface area (Å²) < 4.78 is 6.12. The molecule has 2 heteroatoms. The topological polar surface area (TPSA) is 12.5 Å². The highest BCUT2D eigenvalue weighted by molar-refractivity contribution is 5.59. The lowest BCUT2D eigenvalue weighted by Crippen LogP contribution is -2.50. The fourth-order valence-electron chi connectivity index (χ4n) is 4.05. The van der Waals surface area contributed by atoms with Gasteiger partial charge in [-0.25, -0.2) is 0 Å². The molecule has 2 nitrogen and oxygen atoms in total. The summed E-state index contributed by atoms with van der Waals surface area (Å²) in [6.45, 7) is 10.8. The second-order valence-electron chi connectivity index (χ2n) is 7.44. The number of nitrogens with zero attached hydrogens (tertiary/aromatic N) is 1. The maximum absolute atomic E-state index is 6.12. The predicted molar refractivity (Wildman–Crippen MR) is 102 cm³/mol. The van der Waals surface area contributed by atoms with E-state index in [1.165, 1.54) is 23.2 Å². The van der Waals surface area contributed by atoms with Crippen LogP contribution in [0.2, 0.25) is 0 Å². The van der Waals surface area contributed by atoms with Crippen LogP contribution in [0.1, 0.15) is 51.2 Å². The predicted octanol–water partition coefficient (Wildman–Crippen LogP) is 5.42. The Hall–Kier alpha value is -1.96. The van der Waals surface area contributed by atoms with Crippen LogP contribution in [0.3, 0.4) is 0 Å². The summed E-state index contributed by atoms with van der Waals surface area (Å²) in [4.78, 5) is 2.52. The quantitative estimate of drug-likeness (QED) is 0.728. The molecule has 0 radical (unpaired) electrons. The van der Waals surface area contributed by atoms with E-state index in [0.717, 1.165) is 18.7 Å². The van der Waals surface area contributed by atoms with Crippen LogP contribution in [0, 0.1) is 0 Å². The first-order valence-corrected chi connectivity index (χ1v) is 9.10. The SMILES string of the molecule is CCc1ccccc1OCCN1c2ccccc2C(C)CC1(C)C. The molecule has 1 aliphatic rings. The van der Waals surface area contributed by atoms with Crippen LogP contribution in [0.25, 0.3) is 0 Å². The minimum absolute atomic E-state index is 0.154. The number of anilines is 1. The molecule has 0 N–H and O–H groups in total. The molecule has 0 bridgehead atoms. The van der Waals surface area contributed by atoms with Gasteiger partial charge in [0.05, 0.1) is 6.54 Å². The van der Waals surface area contributed by atoms with E-state index in [0.29, 0.717) is 12.5 Å². The van der Waals surface area contributed by atoms with Crippen molar-refractivity contribution in [3.05, 3.63) is 59.7 Å². The summed E-state index contributed by atoms with van der Waals surface area (Å²) in [6.07, 6.45) is 2.18. The minimum atomic E-state index is 0.154. The molecule has 0 aromatic heterocycles. The van der Waals surface area contributed by atoms with E-state index in [1.54, 1.807) is 0 Å². The van der Waals surface area contributed by atoms with Crippen molar-refractivity contribution in [3.63, 3.8) is 0 Å². The van der Waals surface area contributed by atoms with E-state index in [4.69, 9.17) is 4.74 Å². The van der Waals surface area contributed by atoms with Crippen molar-refractivity contribution in [2.24, 2.45) is 0 Å². The van der Waals surface area contributed by atoms with Crippen molar-refractivity contribution in [1.82, 2.24) is 0 Å². The number of aryl methyl sites for hydroxylation is 1. The molecule has 0 fully saturated rings. The Bertz CT molecular complexity index is 692. The fraction of sp³-hybridized carbons (Fsp3) is 0.455. The van der Waals surface area contributed by atoms with Crippen LogP contribution < -0.4 is 9.64 Å². The van der Waals surface area contributed by atoms with Gasteiger partial charge in [0, 0.05) is 11.2 Å². The Morgan fingerprint density at radius 3 is 2.58 bits per heavy atom. The summed E-state index contributed by atoms with van der Waals surface area (Å²) in [6, 6.07) is 17.2. The number of para-hydroxylation sites is 2. The molecular weight excluding hydrogens is 294 g/mol. The molecule has 1 unspecified atom stereocenters. The Morgan fingerprint density at radius 2 is 1.79 bits per heavy atom. The van der Waals surface area contributed by atoms with Gasteiger partial charge in [0.25, 0.3) is 0 Å². The van der Waals surface area contributed by atoms with Gasteiger partial charge in [-0.3, -0.25) is 0 Å². The van der Waals surface area contributed by atoms with Gasteiger partial charge in [0.2, 0.25) is 0 Å². The number of hydrogen-bond acceptors (Lipinski definition) is 2.